The minimum absolute atomic E-state index is 0.0291. The van der Waals surface area contributed by atoms with Gasteiger partial charge in [-0.15, -0.1) is 13.2 Å². The van der Waals surface area contributed by atoms with Crippen LogP contribution in [0.25, 0.3) is 5.69 Å². The maximum atomic E-state index is 13.5. The first-order chi connectivity index (χ1) is 20.0. The lowest BCUT2D eigenvalue weighted by atomic mass is 9.84. The zero-order valence-corrected chi connectivity index (χ0v) is 25.2. The van der Waals surface area contributed by atoms with E-state index >= 15 is 0 Å². The smallest absolute Gasteiger partial charge is 0.404 e. The number of hydrogen-bond acceptors (Lipinski definition) is 7. The molecule has 1 saturated carbocycles. The van der Waals surface area contributed by atoms with Crippen molar-refractivity contribution in [1.82, 2.24) is 14.9 Å². The molecule has 2 amide bonds. The Hall–Kier alpha value is -3.34. The summed E-state index contributed by atoms with van der Waals surface area (Å²) in [4.78, 5) is 29.9. The number of benzene rings is 1. The third-order valence-corrected chi connectivity index (χ3v) is 9.35. The van der Waals surface area contributed by atoms with Crippen LogP contribution in [0.4, 0.5) is 26.3 Å². The maximum Gasteiger partial charge on any atom is 0.573 e. The lowest BCUT2D eigenvalue weighted by molar-refractivity contribution is -0.274. The van der Waals surface area contributed by atoms with E-state index in [9.17, 15) is 49.5 Å². The Morgan fingerprint density at radius 2 is 1.75 bits per heavy atom. The maximum absolute atomic E-state index is 13.5. The minimum Gasteiger partial charge on any atom is -0.404 e. The standard InChI is InChI=1S/C27H34F6N4O6S/c1-5-19-36-20(23(39)35-14-25(40)10-8-16(9-11-25)44(4,41)42)21(22(34)38)37(19)17-7-6-15(12-18(17)43-27(31,32)33)13-24(2,3)26(28,29)30/h6-7,12,16,40H,5,8-11,13-14H2,1-4H3,(H2,34,38)(H,35,39). The van der Waals surface area contributed by atoms with E-state index in [-0.39, 0.29) is 50.0 Å². The average Bonchev–Trinajstić information content (AvgIpc) is 3.25. The van der Waals surface area contributed by atoms with Crippen LogP contribution >= 0.6 is 0 Å². The second-order valence-corrected chi connectivity index (χ2v) is 13.9. The second kappa shape index (κ2) is 12.2. The largest absolute Gasteiger partial charge is 0.573 e. The van der Waals surface area contributed by atoms with Gasteiger partial charge in [0.2, 0.25) is 0 Å². The summed E-state index contributed by atoms with van der Waals surface area (Å²) >= 11 is 0. The number of aryl methyl sites for hydroxylation is 1. The van der Waals surface area contributed by atoms with Crippen LogP contribution < -0.4 is 15.8 Å². The number of ether oxygens (including phenoxy) is 1. The summed E-state index contributed by atoms with van der Waals surface area (Å²) in [6, 6.07) is 2.92. The molecule has 1 aliphatic carbocycles. The van der Waals surface area contributed by atoms with E-state index in [0.29, 0.717) is 0 Å². The van der Waals surface area contributed by atoms with E-state index in [4.69, 9.17) is 5.73 Å². The summed E-state index contributed by atoms with van der Waals surface area (Å²) in [5.41, 5.74) is -0.0107. The first-order valence-electron chi connectivity index (χ1n) is 13.5. The third kappa shape index (κ3) is 8.02. The highest BCUT2D eigenvalue weighted by atomic mass is 32.2. The van der Waals surface area contributed by atoms with Crippen LogP contribution in [0.2, 0.25) is 0 Å². The molecule has 2 aromatic rings. The molecule has 4 N–H and O–H groups in total. The molecule has 3 rings (SSSR count). The number of aromatic nitrogens is 2. The number of aliphatic hydroxyl groups is 1. The monoisotopic (exact) mass is 656 g/mol. The van der Waals surface area contributed by atoms with Crippen LogP contribution in [0.3, 0.4) is 0 Å². The zero-order chi connectivity index (χ0) is 33.5. The van der Waals surface area contributed by atoms with Gasteiger partial charge in [0.15, 0.2) is 11.4 Å². The highest BCUT2D eigenvalue weighted by Crippen LogP contribution is 2.42. The van der Waals surface area contributed by atoms with Crippen molar-refractivity contribution in [1.29, 1.82) is 0 Å². The molecular formula is C27H34F6N4O6S. The first kappa shape index (κ1) is 35.1. The average molecular weight is 657 g/mol. The number of hydrogen-bond donors (Lipinski definition) is 3. The van der Waals surface area contributed by atoms with Crippen molar-refractivity contribution in [3.8, 4) is 11.4 Å². The number of nitrogens with two attached hydrogens (primary N) is 1. The summed E-state index contributed by atoms with van der Waals surface area (Å²) < 4.78 is 109. The summed E-state index contributed by atoms with van der Waals surface area (Å²) in [5, 5.41) is 12.7. The van der Waals surface area contributed by atoms with E-state index in [1.54, 1.807) is 0 Å². The minimum atomic E-state index is -5.28. The van der Waals surface area contributed by atoms with E-state index in [1.807, 2.05) is 0 Å². The van der Waals surface area contributed by atoms with Gasteiger partial charge in [-0.2, -0.15) is 13.2 Å². The normalized spacial score (nSPS) is 19.9. The molecule has 0 spiro atoms. The van der Waals surface area contributed by atoms with Gasteiger partial charge in [0.05, 0.1) is 22.0 Å². The quantitative estimate of drug-likeness (QED) is 0.327. The number of nitrogens with zero attached hydrogens (tertiary/aromatic N) is 2. The predicted molar refractivity (Wildman–Crippen MR) is 146 cm³/mol. The summed E-state index contributed by atoms with van der Waals surface area (Å²) in [6.07, 6.45) is -9.15. The number of carbonyl (C=O) groups excluding carboxylic acids is 2. The summed E-state index contributed by atoms with van der Waals surface area (Å²) in [7, 11) is -3.32. The summed E-state index contributed by atoms with van der Waals surface area (Å²) in [5.74, 6) is -3.29. The number of alkyl halides is 6. The number of amides is 2. The topological polar surface area (TPSA) is 154 Å². The van der Waals surface area contributed by atoms with Crippen LogP contribution in [-0.2, 0) is 22.7 Å². The van der Waals surface area contributed by atoms with E-state index < -0.39 is 79.7 Å². The molecule has 1 aromatic carbocycles. The molecule has 1 heterocycles. The molecule has 0 radical (unpaired) electrons. The fourth-order valence-electron chi connectivity index (χ4n) is 5.08. The van der Waals surface area contributed by atoms with Crippen molar-refractivity contribution in [2.24, 2.45) is 11.1 Å². The molecule has 10 nitrogen and oxygen atoms in total. The fraction of sp³-hybridized carbons (Fsp3) is 0.593. The van der Waals surface area contributed by atoms with Crippen LogP contribution in [0.5, 0.6) is 5.75 Å². The molecule has 17 heteroatoms. The number of rotatable bonds is 10. The Balaban J connectivity index is 2.02. The predicted octanol–water partition coefficient (Wildman–Crippen LogP) is 4.01. The Morgan fingerprint density at radius 1 is 1.16 bits per heavy atom. The number of carbonyl (C=O) groups is 2. The van der Waals surface area contributed by atoms with E-state index in [0.717, 1.165) is 42.9 Å². The van der Waals surface area contributed by atoms with Crippen molar-refractivity contribution in [3.63, 3.8) is 0 Å². The molecule has 0 bridgehead atoms. The Morgan fingerprint density at radius 3 is 2.23 bits per heavy atom. The number of nitrogens with one attached hydrogen (secondary N) is 1. The van der Waals surface area contributed by atoms with Crippen LogP contribution in [0, 0.1) is 5.41 Å². The van der Waals surface area contributed by atoms with Gasteiger partial charge in [0.25, 0.3) is 11.8 Å². The van der Waals surface area contributed by atoms with Gasteiger partial charge in [-0.05, 0) is 49.8 Å². The van der Waals surface area contributed by atoms with Crippen molar-refractivity contribution >= 4 is 21.7 Å². The van der Waals surface area contributed by atoms with Crippen molar-refractivity contribution in [2.75, 3.05) is 12.8 Å². The van der Waals surface area contributed by atoms with Crippen LogP contribution in [-0.4, -0.2) is 71.1 Å². The highest BCUT2D eigenvalue weighted by molar-refractivity contribution is 7.91. The highest BCUT2D eigenvalue weighted by Gasteiger charge is 2.47. The number of sulfone groups is 1. The molecule has 1 fully saturated rings. The molecule has 0 unspecified atom stereocenters. The van der Waals surface area contributed by atoms with Crippen molar-refractivity contribution < 1.29 is 54.2 Å². The van der Waals surface area contributed by atoms with Gasteiger partial charge in [-0.1, -0.05) is 26.8 Å². The lowest BCUT2D eigenvalue weighted by Crippen LogP contribution is -2.47. The molecule has 0 saturated heterocycles. The Labute approximate surface area is 249 Å². The zero-order valence-electron chi connectivity index (χ0n) is 24.4. The molecule has 44 heavy (non-hydrogen) atoms. The Bertz CT molecular complexity index is 1510. The van der Waals surface area contributed by atoms with Crippen LogP contribution in [0.1, 0.15) is 78.8 Å². The molecule has 0 aliphatic heterocycles. The summed E-state index contributed by atoms with van der Waals surface area (Å²) in [6.45, 7) is 2.96. The number of halogens is 6. The van der Waals surface area contributed by atoms with Gasteiger partial charge in [-0.3, -0.25) is 14.2 Å². The molecule has 1 aliphatic rings. The molecule has 0 atom stereocenters. The lowest BCUT2D eigenvalue weighted by Gasteiger charge is -2.35. The number of imidazole rings is 1. The van der Waals surface area contributed by atoms with Gasteiger partial charge in [-0.25, -0.2) is 13.4 Å². The van der Waals surface area contributed by atoms with Gasteiger partial charge in [0.1, 0.15) is 21.4 Å². The SMILES string of the molecule is CCc1nc(C(=O)NCC2(O)CCC(S(C)(=O)=O)CC2)c(C(N)=O)n1-c1ccc(CC(C)(C)C(F)(F)F)cc1OC(F)(F)F. The van der Waals surface area contributed by atoms with E-state index in [1.165, 1.54) is 6.92 Å². The fourth-order valence-corrected chi connectivity index (χ4v) is 6.17. The second-order valence-electron chi connectivity index (χ2n) is 11.6. The molecular weight excluding hydrogens is 622 g/mol. The molecule has 1 aromatic heterocycles. The van der Waals surface area contributed by atoms with E-state index in [2.05, 4.69) is 15.0 Å². The number of primary amides is 1. The van der Waals surface area contributed by atoms with Gasteiger partial charge < -0.3 is 20.9 Å². The third-order valence-electron chi connectivity index (χ3n) is 7.66. The van der Waals surface area contributed by atoms with Crippen molar-refractivity contribution in [2.45, 2.75) is 82.7 Å². The van der Waals surface area contributed by atoms with Gasteiger partial charge >= 0.3 is 12.5 Å². The first-order valence-corrected chi connectivity index (χ1v) is 15.5. The van der Waals surface area contributed by atoms with Crippen molar-refractivity contribution in [3.05, 3.63) is 41.0 Å². The molecule has 246 valence electrons. The Kier molecular flexibility index (Phi) is 9.76. The van der Waals surface area contributed by atoms with Crippen LogP contribution in [0.15, 0.2) is 18.2 Å². The van der Waals surface area contributed by atoms with Gasteiger partial charge in [0, 0.05) is 19.2 Å².